The van der Waals surface area contributed by atoms with Crippen LogP contribution in [0.3, 0.4) is 0 Å². The van der Waals surface area contributed by atoms with Gasteiger partial charge in [-0.05, 0) is 35.4 Å². The summed E-state index contributed by atoms with van der Waals surface area (Å²) >= 11 is 2.26. The summed E-state index contributed by atoms with van der Waals surface area (Å²) in [6.07, 6.45) is 2.16. The molecule has 60 valence electrons. The van der Waals surface area contributed by atoms with Gasteiger partial charge in [-0.15, -0.1) is 0 Å². The van der Waals surface area contributed by atoms with Crippen LogP contribution in [-0.2, 0) is 13.5 Å². The molecular weight excluding hydrogens is 255 g/mol. The van der Waals surface area contributed by atoms with Crippen LogP contribution in [0.25, 0.3) is 0 Å². The Morgan fingerprint density at radius 2 is 2.45 bits per heavy atom. The highest BCUT2D eigenvalue weighted by Gasteiger charge is 2.18. The summed E-state index contributed by atoms with van der Waals surface area (Å²) in [6.45, 7) is 0.842. The van der Waals surface area contributed by atoms with E-state index in [9.17, 15) is 0 Å². The summed E-state index contributed by atoms with van der Waals surface area (Å²) in [5.74, 6) is 0.999. The maximum Gasteiger partial charge on any atom is 0.173 e. The standard InChI is InChI=1S/C7H9IN2O/c1-10-7(8)6-5(9-10)3-2-4-11-6/h2-4H2,1H3. The minimum absolute atomic E-state index is 0.842. The van der Waals surface area contributed by atoms with Gasteiger partial charge in [0.15, 0.2) is 5.75 Å². The van der Waals surface area contributed by atoms with Gasteiger partial charge in [0.05, 0.1) is 6.61 Å². The fourth-order valence-electron chi connectivity index (χ4n) is 1.26. The Bertz CT molecular complexity index is 282. The third-order valence-electron chi connectivity index (χ3n) is 1.81. The average molecular weight is 264 g/mol. The van der Waals surface area contributed by atoms with Gasteiger partial charge in [-0.1, -0.05) is 0 Å². The van der Waals surface area contributed by atoms with Crippen LogP contribution in [0.1, 0.15) is 12.1 Å². The quantitative estimate of drug-likeness (QED) is 0.661. The molecular formula is C7H9IN2O. The lowest BCUT2D eigenvalue weighted by atomic mass is 10.2. The minimum atomic E-state index is 0.842. The van der Waals surface area contributed by atoms with E-state index in [1.807, 2.05) is 11.7 Å². The van der Waals surface area contributed by atoms with Gasteiger partial charge in [0, 0.05) is 7.05 Å². The van der Waals surface area contributed by atoms with E-state index in [2.05, 4.69) is 27.7 Å². The highest BCUT2D eigenvalue weighted by atomic mass is 127. The second-order valence-corrected chi connectivity index (χ2v) is 3.66. The first-order valence-electron chi connectivity index (χ1n) is 3.63. The van der Waals surface area contributed by atoms with Crippen molar-refractivity contribution in [3.05, 3.63) is 9.39 Å². The minimum Gasteiger partial charge on any atom is -0.489 e. The molecule has 0 atom stereocenters. The van der Waals surface area contributed by atoms with Gasteiger partial charge in [-0.3, -0.25) is 4.68 Å². The van der Waals surface area contributed by atoms with E-state index in [0.29, 0.717) is 0 Å². The lowest BCUT2D eigenvalue weighted by molar-refractivity contribution is 0.286. The first-order valence-corrected chi connectivity index (χ1v) is 4.71. The van der Waals surface area contributed by atoms with Crippen molar-refractivity contribution in [2.75, 3.05) is 6.61 Å². The van der Waals surface area contributed by atoms with Crippen LogP contribution in [0.4, 0.5) is 0 Å². The lowest BCUT2D eigenvalue weighted by Gasteiger charge is -2.10. The zero-order valence-corrected chi connectivity index (χ0v) is 8.46. The first-order chi connectivity index (χ1) is 5.29. The molecule has 0 bridgehead atoms. The van der Waals surface area contributed by atoms with Crippen LogP contribution in [0.15, 0.2) is 0 Å². The summed E-state index contributed by atoms with van der Waals surface area (Å²) in [5.41, 5.74) is 1.11. The first kappa shape index (κ1) is 7.39. The molecule has 0 fully saturated rings. The van der Waals surface area contributed by atoms with Crippen LogP contribution in [-0.4, -0.2) is 16.4 Å². The van der Waals surface area contributed by atoms with Gasteiger partial charge in [0.2, 0.25) is 0 Å². The van der Waals surface area contributed by atoms with Crippen LogP contribution >= 0.6 is 22.6 Å². The number of aryl methyl sites for hydroxylation is 2. The maximum absolute atomic E-state index is 5.48. The van der Waals surface area contributed by atoms with Crippen molar-refractivity contribution in [2.24, 2.45) is 7.05 Å². The SMILES string of the molecule is Cn1nc2c(c1I)OCCC2. The van der Waals surface area contributed by atoms with E-state index in [-0.39, 0.29) is 0 Å². The number of ether oxygens (including phenoxy) is 1. The second kappa shape index (κ2) is 2.66. The van der Waals surface area contributed by atoms with Crippen molar-refractivity contribution in [3.8, 4) is 5.75 Å². The van der Waals surface area contributed by atoms with E-state index in [1.54, 1.807) is 0 Å². The Hall–Kier alpha value is -0.260. The van der Waals surface area contributed by atoms with Gasteiger partial charge in [0.25, 0.3) is 0 Å². The van der Waals surface area contributed by atoms with Gasteiger partial charge < -0.3 is 4.74 Å². The molecule has 0 saturated carbocycles. The van der Waals surface area contributed by atoms with E-state index < -0.39 is 0 Å². The Morgan fingerprint density at radius 3 is 3.18 bits per heavy atom. The predicted octanol–water partition coefficient (Wildman–Crippen LogP) is 1.35. The topological polar surface area (TPSA) is 27.1 Å². The smallest absolute Gasteiger partial charge is 0.173 e. The Labute approximate surface area is 78.9 Å². The summed E-state index contributed by atoms with van der Waals surface area (Å²) < 4.78 is 8.46. The van der Waals surface area contributed by atoms with Gasteiger partial charge in [0.1, 0.15) is 9.39 Å². The summed E-state index contributed by atoms with van der Waals surface area (Å²) in [7, 11) is 1.95. The van der Waals surface area contributed by atoms with E-state index in [1.165, 1.54) is 0 Å². The van der Waals surface area contributed by atoms with Gasteiger partial charge in [-0.2, -0.15) is 5.10 Å². The third kappa shape index (κ3) is 1.13. The molecule has 0 aromatic carbocycles. The molecule has 0 N–H and O–H groups in total. The normalized spacial score (nSPS) is 15.8. The molecule has 2 rings (SSSR count). The molecule has 0 aliphatic carbocycles. The molecule has 11 heavy (non-hydrogen) atoms. The zero-order chi connectivity index (χ0) is 7.84. The number of hydrogen-bond acceptors (Lipinski definition) is 2. The molecule has 0 amide bonds. The molecule has 2 heterocycles. The van der Waals surface area contributed by atoms with E-state index >= 15 is 0 Å². The molecule has 0 spiro atoms. The summed E-state index contributed by atoms with van der Waals surface area (Å²) in [6, 6.07) is 0. The number of nitrogens with zero attached hydrogens (tertiary/aromatic N) is 2. The second-order valence-electron chi connectivity index (χ2n) is 2.64. The largest absolute Gasteiger partial charge is 0.489 e. The van der Waals surface area contributed by atoms with Crippen molar-refractivity contribution in [1.29, 1.82) is 0 Å². The fourth-order valence-corrected chi connectivity index (χ4v) is 1.83. The fraction of sp³-hybridized carbons (Fsp3) is 0.571. The highest BCUT2D eigenvalue weighted by molar-refractivity contribution is 14.1. The van der Waals surface area contributed by atoms with Crippen LogP contribution in [0.2, 0.25) is 0 Å². The monoisotopic (exact) mass is 264 g/mol. The van der Waals surface area contributed by atoms with Crippen molar-refractivity contribution < 1.29 is 4.74 Å². The Kier molecular flexibility index (Phi) is 1.78. The highest BCUT2D eigenvalue weighted by Crippen LogP contribution is 2.28. The Balaban J connectivity index is 2.50. The number of fused-ring (bicyclic) bond motifs is 1. The van der Waals surface area contributed by atoms with Crippen molar-refractivity contribution >= 4 is 22.6 Å². The number of rotatable bonds is 0. The zero-order valence-electron chi connectivity index (χ0n) is 6.30. The predicted molar refractivity (Wildman–Crippen MR) is 49.7 cm³/mol. The lowest BCUT2D eigenvalue weighted by Crippen LogP contribution is -2.07. The number of aromatic nitrogens is 2. The van der Waals surface area contributed by atoms with Crippen molar-refractivity contribution in [1.82, 2.24) is 9.78 Å². The molecule has 1 aliphatic rings. The van der Waals surface area contributed by atoms with Gasteiger partial charge in [-0.25, -0.2) is 0 Å². The van der Waals surface area contributed by atoms with Crippen LogP contribution in [0, 0.1) is 3.70 Å². The van der Waals surface area contributed by atoms with Crippen molar-refractivity contribution in [2.45, 2.75) is 12.8 Å². The molecule has 4 heteroatoms. The summed E-state index contributed by atoms with van der Waals surface area (Å²) in [5, 5.41) is 4.33. The van der Waals surface area contributed by atoms with E-state index in [4.69, 9.17) is 4.74 Å². The van der Waals surface area contributed by atoms with Crippen LogP contribution in [0.5, 0.6) is 5.75 Å². The van der Waals surface area contributed by atoms with E-state index in [0.717, 1.165) is 34.6 Å². The molecule has 1 aromatic rings. The van der Waals surface area contributed by atoms with Gasteiger partial charge >= 0.3 is 0 Å². The average Bonchev–Trinajstić information content (AvgIpc) is 2.30. The molecule has 0 radical (unpaired) electrons. The molecule has 1 aromatic heterocycles. The van der Waals surface area contributed by atoms with Crippen LogP contribution < -0.4 is 4.74 Å². The molecule has 3 nitrogen and oxygen atoms in total. The third-order valence-corrected chi connectivity index (χ3v) is 3.00. The molecule has 1 aliphatic heterocycles. The summed E-state index contributed by atoms with van der Waals surface area (Å²) in [4.78, 5) is 0. The molecule has 0 saturated heterocycles. The maximum atomic E-state index is 5.48. The van der Waals surface area contributed by atoms with Crippen molar-refractivity contribution in [3.63, 3.8) is 0 Å². The number of hydrogen-bond donors (Lipinski definition) is 0. The molecule has 0 unspecified atom stereocenters. The number of halogens is 1. The Morgan fingerprint density at radius 1 is 1.64 bits per heavy atom.